The van der Waals surface area contributed by atoms with E-state index in [1.807, 2.05) is 5.38 Å². The van der Waals surface area contributed by atoms with Crippen molar-refractivity contribution in [1.82, 2.24) is 13.9 Å². The first-order chi connectivity index (χ1) is 7.40. The Bertz CT molecular complexity index is 360. The van der Waals surface area contributed by atoms with E-state index in [1.165, 1.54) is 4.32 Å². The first kappa shape index (κ1) is 14.3. The van der Waals surface area contributed by atoms with E-state index < -0.39 is 10.9 Å². The molecule has 1 aromatic heterocycles. The summed E-state index contributed by atoms with van der Waals surface area (Å²) < 4.78 is 9.79. The molecule has 1 rings (SSSR count). The molecule has 0 saturated carbocycles. The van der Waals surface area contributed by atoms with Gasteiger partial charge in [-0.25, -0.2) is 0 Å². The van der Waals surface area contributed by atoms with Gasteiger partial charge >= 0.3 is 0 Å². The van der Waals surface area contributed by atoms with Crippen molar-refractivity contribution in [3.8, 4) is 0 Å². The second kappa shape index (κ2) is 6.26. The highest BCUT2D eigenvalue weighted by molar-refractivity contribution is 8.00. The Labute approximate surface area is 112 Å². The number of alkyl halides is 1. The molecule has 1 atom stereocenters. The van der Waals surface area contributed by atoms with Crippen molar-refractivity contribution >= 4 is 46.1 Å². The van der Waals surface area contributed by atoms with Crippen molar-refractivity contribution < 1.29 is 4.18 Å². The number of aromatic amines is 2. The van der Waals surface area contributed by atoms with Gasteiger partial charge in [-0.15, -0.1) is 15.8 Å². The van der Waals surface area contributed by atoms with Gasteiger partial charge in [0.1, 0.15) is 11.6 Å². The van der Waals surface area contributed by atoms with E-state index in [-0.39, 0.29) is 4.75 Å². The molecule has 0 aliphatic rings. The number of aromatic nitrogens is 3. The molecular formula is C8H16Cl2N3OS2+. The summed E-state index contributed by atoms with van der Waals surface area (Å²) in [6, 6.07) is 0. The maximum Gasteiger partial charge on any atom is 0.254 e. The standard InChI is InChI=1S/C8H16Cl2N3OS2/c1-8(2,3)15-7-6-16(14-5-4-9)12-13(10)11-7/h6,11-12H,4-5H2,1-3H3/q+1. The number of thioether (sulfide) groups is 1. The van der Waals surface area contributed by atoms with Gasteiger partial charge in [-0.2, -0.15) is 0 Å². The largest absolute Gasteiger partial charge is 0.254 e. The van der Waals surface area contributed by atoms with Crippen LogP contribution in [0, 0.1) is 0 Å². The van der Waals surface area contributed by atoms with Crippen molar-refractivity contribution in [2.75, 3.05) is 12.5 Å². The second-order valence-corrected chi connectivity index (χ2v) is 7.82. The third-order valence-corrected chi connectivity index (χ3v) is 4.14. The number of nitrogens with one attached hydrogen (secondary N) is 2. The minimum absolute atomic E-state index is 0.120. The molecule has 0 radical (unpaired) electrons. The van der Waals surface area contributed by atoms with Gasteiger partial charge in [0.25, 0.3) is 10.9 Å². The van der Waals surface area contributed by atoms with Crippen molar-refractivity contribution in [3.63, 3.8) is 0 Å². The topological polar surface area (TPSA) is 45.7 Å². The zero-order valence-electron chi connectivity index (χ0n) is 9.42. The van der Waals surface area contributed by atoms with E-state index in [4.69, 9.17) is 27.6 Å². The predicted molar refractivity (Wildman–Crippen MR) is 72.3 cm³/mol. The number of rotatable bonds is 4. The Morgan fingerprint density at radius 2 is 2.25 bits per heavy atom. The average Bonchev–Trinajstić information content (AvgIpc) is 2.10. The summed E-state index contributed by atoms with van der Waals surface area (Å²) in [5.41, 5.74) is 0. The SMILES string of the molecule is CC(C)(C)Sc1c[s+](OCCCl)[nH]n(Cl)[nH]1. The van der Waals surface area contributed by atoms with E-state index in [0.717, 1.165) is 5.03 Å². The summed E-state index contributed by atoms with van der Waals surface area (Å²) in [4.78, 5) is 0. The van der Waals surface area contributed by atoms with Crippen LogP contribution in [0.3, 0.4) is 0 Å². The summed E-state index contributed by atoms with van der Waals surface area (Å²) in [7, 11) is -0.525. The molecule has 2 N–H and O–H groups in total. The van der Waals surface area contributed by atoms with Crippen LogP contribution in [0.2, 0.25) is 0 Å². The summed E-state index contributed by atoms with van der Waals surface area (Å²) in [6.07, 6.45) is 0. The fourth-order valence-electron chi connectivity index (χ4n) is 0.907. The molecule has 1 unspecified atom stereocenters. The fourth-order valence-corrected chi connectivity index (χ4v) is 3.56. The van der Waals surface area contributed by atoms with Crippen LogP contribution < -0.4 is 4.18 Å². The summed E-state index contributed by atoms with van der Waals surface area (Å²) >= 11 is 13.1. The Kier molecular flexibility index (Phi) is 5.60. The Morgan fingerprint density at radius 3 is 2.81 bits per heavy atom. The van der Waals surface area contributed by atoms with E-state index in [1.54, 1.807) is 11.8 Å². The molecule has 0 aliphatic heterocycles. The highest BCUT2D eigenvalue weighted by Crippen LogP contribution is 2.31. The van der Waals surface area contributed by atoms with Gasteiger partial charge in [-0.1, -0.05) is 41.3 Å². The zero-order valence-corrected chi connectivity index (χ0v) is 12.6. The normalized spacial score (nSPS) is 12.9. The molecule has 0 bridgehead atoms. The molecule has 8 heteroatoms. The van der Waals surface area contributed by atoms with Gasteiger partial charge in [0.2, 0.25) is 5.38 Å². The van der Waals surface area contributed by atoms with Crippen molar-refractivity contribution in [2.24, 2.45) is 0 Å². The smallest absolute Gasteiger partial charge is 0.254 e. The highest BCUT2D eigenvalue weighted by Gasteiger charge is 2.17. The lowest BCUT2D eigenvalue weighted by Crippen LogP contribution is -2.10. The average molecular weight is 305 g/mol. The summed E-state index contributed by atoms with van der Waals surface area (Å²) in [5.74, 6) is 0.469. The number of halogens is 2. The second-order valence-electron chi connectivity index (χ2n) is 3.99. The van der Waals surface area contributed by atoms with Gasteiger partial charge in [-0.3, -0.25) is 5.10 Å². The van der Waals surface area contributed by atoms with Crippen LogP contribution in [0.5, 0.6) is 0 Å². The first-order valence-electron chi connectivity index (χ1n) is 4.73. The summed E-state index contributed by atoms with van der Waals surface area (Å²) in [6.45, 7) is 6.90. The number of hydrogen-bond donors (Lipinski definition) is 2. The third-order valence-electron chi connectivity index (χ3n) is 1.30. The van der Waals surface area contributed by atoms with Crippen LogP contribution in [-0.2, 0) is 0 Å². The number of hydrogen-bond acceptors (Lipinski definition) is 2. The van der Waals surface area contributed by atoms with Crippen LogP contribution in [0.4, 0.5) is 0 Å². The molecule has 4 nitrogen and oxygen atoms in total. The molecule has 0 aromatic carbocycles. The van der Waals surface area contributed by atoms with Crippen LogP contribution in [0.1, 0.15) is 20.8 Å². The maximum absolute atomic E-state index is 5.86. The monoisotopic (exact) mass is 304 g/mol. The third kappa shape index (κ3) is 5.54. The first-order valence-corrected chi connectivity index (χ1v) is 7.63. The molecular weight excluding hydrogens is 289 g/mol. The predicted octanol–water partition coefficient (Wildman–Crippen LogP) is 3.58. The minimum Gasteiger partial charge on any atom is -0.254 e. The molecule has 0 spiro atoms. The highest BCUT2D eigenvalue weighted by atomic mass is 35.5. The Hall–Kier alpha value is 0.250. The lowest BCUT2D eigenvalue weighted by Gasteiger charge is -2.15. The number of H-pyrrole nitrogens is 2. The van der Waals surface area contributed by atoms with Gasteiger partial charge in [-0.05, 0) is 0 Å². The van der Waals surface area contributed by atoms with Crippen LogP contribution in [0.15, 0.2) is 10.4 Å². The maximum atomic E-state index is 5.86. The molecule has 0 fully saturated rings. The molecule has 0 saturated heterocycles. The summed E-state index contributed by atoms with van der Waals surface area (Å²) in [5, 5.41) is 5.93. The minimum atomic E-state index is -0.525. The van der Waals surface area contributed by atoms with Gasteiger partial charge in [0, 0.05) is 4.75 Å². The van der Waals surface area contributed by atoms with Crippen LogP contribution >= 0.6 is 46.1 Å². The fraction of sp³-hybridized carbons (Fsp3) is 0.750. The Morgan fingerprint density at radius 1 is 1.56 bits per heavy atom. The van der Waals surface area contributed by atoms with Crippen molar-refractivity contribution in [3.05, 3.63) is 5.38 Å². The van der Waals surface area contributed by atoms with E-state index in [9.17, 15) is 0 Å². The van der Waals surface area contributed by atoms with Gasteiger partial charge in [0.15, 0.2) is 0 Å². The van der Waals surface area contributed by atoms with Crippen molar-refractivity contribution in [1.29, 1.82) is 0 Å². The van der Waals surface area contributed by atoms with Gasteiger partial charge in [0.05, 0.1) is 17.7 Å². The van der Waals surface area contributed by atoms with E-state index >= 15 is 0 Å². The quantitative estimate of drug-likeness (QED) is 0.507. The van der Waals surface area contributed by atoms with E-state index in [2.05, 4.69) is 30.4 Å². The molecule has 94 valence electrons. The van der Waals surface area contributed by atoms with Crippen molar-refractivity contribution in [2.45, 2.75) is 30.5 Å². The van der Waals surface area contributed by atoms with Gasteiger partial charge < -0.3 is 0 Å². The molecule has 1 aromatic rings. The molecule has 1 heterocycles. The van der Waals surface area contributed by atoms with E-state index in [0.29, 0.717) is 12.5 Å². The Balaban J connectivity index is 2.81. The number of nitrogens with zero attached hydrogens (tertiary/aromatic N) is 1. The zero-order chi connectivity index (χ0) is 12.2. The molecule has 16 heavy (non-hydrogen) atoms. The molecule has 0 amide bonds. The van der Waals surface area contributed by atoms with Crippen LogP contribution in [-0.4, -0.2) is 31.1 Å². The lowest BCUT2D eigenvalue weighted by atomic mass is 10.3. The molecule has 0 aliphatic carbocycles. The van der Waals surface area contributed by atoms with Crippen LogP contribution in [0.25, 0.3) is 0 Å². The lowest BCUT2D eigenvalue weighted by molar-refractivity contribution is 0.449.